The fraction of sp³-hybridized carbons (Fsp3) is 0.333. The molecule has 2 heteroatoms. The van der Waals surface area contributed by atoms with Gasteiger partial charge in [0.15, 0.2) is 0 Å². The first-order valence-corrected chi connectivity index (χ1v) is 12.4. The monoisotopic (exact) mass is 405 g/mol. The Morgan fingerprint density at radius 1 is 0.586 bits per heavy atom. The minimum Gasteiger partial charge on any atom is -0.396 e. The number of aliphatic hydroxyl groups excluding tert-OH is 1. The van der Waals surface area contributed by atoms with Crippen molar-refractivity contribution in [3.63, 3.8) is 0 Å². The zero-order valence-corrected chi connectivity index (χ0v) is 19.1. The molecule has 0 amide bonds. The van der Waals surface area contributed by atoms with Gasteiger partial charge in [-0.2, -0.15) is 0 Å². The molecule has 0 aliphatic rings. The SMILES string of the molecule is CC(C)(CO)CC(C)(C)C[P+](c1ccccc1)(c1ccccc1)c1ccccc1. The molecule has 0 aromatic heterocycles. The summed E-state index contributed by atoms with van der Waals surface area (Å²) in [4.78, 5) is 0. The lowest BCUT2D eigenvalue weighted by Crippen LogP contribution is -2.39. The first-order valence-electron chi connectivity index (χ1n) is 10.4. The van der Waals surface area contributed by atoms with Crippen molar-refractivity contribution in [2.45, 2.75) is 34.1 Å². The van der Waals surface area contributed by atoms with E-state index in [1.54, 1.807) is 0 Å². The normalized spacial score (nSPS) is 12.7. The summed E-state index contributed by atoms with van der Waals surface area (Å²) < 4.78 is 0. The average Bonchev–Trinajstić information content (AvgIpc) is 2.73. The molecule has 3 rings (SSSR count). The van der Waals surface area contributed by atoms with Crippen molar-refractivity contribution in [2.24, 2.45) is 10.8 Å². The van der Waals surface area contributed by atoms with E-state index in [1.165, 1.54) is 15.9 Å². The Morgan fingerprint density at radius 3 is 1.24 bits per heavy atom. The third kappa shape index (κ3) is 4.97. The number of aliphatic hydroxyl groups is 1. The Hall–Kier alpha value is -1.95. The van der Waals surface area contributed by atoms with E-state index in [0.29, 0.717) is 0 Å². The highest BCUT2D eigenvalue weighted by molar-refractivity contribution is 7.95. The summed E-state index contributed by atoms with van der Waals surface area (Å²) >= 11 is 0. The molecule has 0 saturated heterocycles. The van der Waals surface area contributed by atoms with Crippen molar-refractivity contribution in [3.8, 4) is 0 Å². The summed E-state index contributed by atoms with van der Waals surface area (Å²) in [6.45, 7) is 9.29. The number of hydrogen-bond donors (Lipinski definition) is 1. The van der Waals surface area contributed by atoms with Crippen LogP contribution < -0.4 is 15.9 Å². The molecule has 3 aromatic rings. The van der Waals surface area contributed by atoms with E-state index in [2.05, 4.69) is 119 Å². The van der Waals surface area contributed by atoms with E-state index >= 15 is 0 Å². The van der Waals surface area contributed by atoms with Gasteiger partial charge in [0, 0.05) is 12.0 Å². The van der Waals surface area contributed by atoms with Crippen molar-refractivity contribution in [1.29, 1.82) is 0 Å². The Kier molecular flexibility index (Phi) is 6.62. The van der Waals surface area contributed by atoms with Gasteiger partial charge in [0.1, 0.15) is 23.2 Å². The lowest BCUT2D eigenvalue weighted by Gasteiger charge is -2.38. The Labute approximate surface area is 177 Å². The van der Waals surface area contributed by atoms with E-state index in [-0.39, 0.29) is 17.4 Å². The van der Waals surface area contributed by atoms with Crippen LogP contribution in [0.5, 0.6) is 0 Å². The van der Waals surface area contributed by atoms with Gasteiger partial charge in [0.25, 0.3) is 0 Å². The van der Waals surface area contributed by atoms with Crippen LogP contribution in [0.25, 0.3) is 0 Å². The number of rotatable bonds is 8. The molecular formula is C27H34OP+. The van der Waals surface area contributed by atoms with Gasteiger partial charge in [-0.05, 0) is 48.2 Å². The van der Waals surface area contributed by atoms with Crippen LogP contribution in [0.1, 0.15) is 34.1 Å². The second-order valence-corrected chi connectivity index (χ2v) is 13.1. The Balaban J connectivity index is 2.23. The van der Waals surface area contributed by atoms with E-state index < -0.39 is 7.26 Å². The maximum atomic E-state index is 9.92. The van der Waals surface area contributed by atoms with Crippen LogP contribution in [0.2, 0.25) is 0 Å². The molecule has 0 aliphatic carbocycles. The third-order valence-electron chi connectivity index (χ3n) is 5.64. The average molecular weight is 406 g/mol. The second kappa shape index (κ2) is 8.82. The molecule has 0 saturated carbocycles. The first-order chi connectivity index (χ1) is 13.8. The predicted octanol–water partition coefficient (Wildman–Crippen LogP) is 5.42. The van der Waals surface area contributed by atoms with Crippen molar-refractivity contribution in [1.82, 2.24) is 0 Å². The predicted molar refractivity (Wildman–Crippen MR) is 129 cm³/mol. The van der Waals surface area contributed by atoms with E-state index in [4.69, 9.17) is 0 Å². The van der Waals surface area contributed by atoms with Crippen LogP contribution in [0.15, 0.2) is 91.0 Å². The van der Waals surface area contributed by atoms with Crippen LogP contribution in [0, 0.1) is 10.8 Å². The molecule has 0 unspecified atom stereocenters. The van der Waals surface area contributed by atoms with Gasteiger partial charge in [0.05, 0.1) is 6.16 Å². The van der Waals surface area contributed by atoms with Crippen molar-refractivity contribution >= 4 is 23.2 Å². The van der Waals surface area contributed by atoms with Crippen LogP contribution in [-0.2, 0) is 0 Å². The number of benzene rings is 3. The van der Waals surface area contributed by atoms with Gasteiger partial charge < -0.3 is 5.11 Å². The molecule has 0 heterocycles. The summed E-state index contributed by atoms with van der Waals surface area (Å²) in [5.74, 6) is 0. The highest BCUT2D eigenvalue weighted by atomic mass is 31.2. The second-order valence-electron chi connectivity index (χ2n) is 9.64. The number of hydrogen-bond acceptors (Lipinski definition) is 1. The quantitative estimate of drug-likeness (QED) is 0.497. The van der Waals surface area contributed by atoms with Crippen molar-refractivity contribution < 1.29 is 5.11 Å². The van der Waals surface area contributed by atoms with Gasteiger partial charge in [-0.3, -0.25) is 0 Å². The zero-order valence-electron chi connectivity index (χ0n) is 18.2. The largest absolute Gasteiger partial charge is 0.396 e. The molecular weight excluding hydrogens is 371 g/mol. The summed E-state index contributed by atoms with van der Waals surface area (Å²) in [6.07, 6.45) is 2.05. The molecule has 0 atom stereocenters. The van der Waals surface area contributed by atoms with Crippen molar-refractivity contribution in [3.05, 3.63) is 91.0 Å². The molecule has 1 nitrogen and oxygen atoms in total. The maximum absolute atomic E-state index is 9.92. The summed E-state index contributed by atoms with van der Waals surface area (Å²) in [5.41, 5.74) is -0.0231. The molecule has 0 fully saturated rings. The van der Waals surface area contributed by atoms with Crippen LogP contribution in [-0.4, -0.2) is 17.9 Å². The van der Waals surface area contributed by atoms with Crippen LogP contribution in [0.4, 0.5) is 0 Å². The molecule has 0 radical (unpaired) electrons. The molecule has 1 N–H and O–H groups in total. The van der Waals surface area contributed by atoms with E-state index in [0.717, 1.165) is 12.6 Å². The Bertz CT molecular complexity index is 789. The van der Waals surface area contributed by atoms with Gasteiger partial charge in [-0.1, -0.05) is 82.3 Å². The standard InChI is InChI=1S/C27H34OP/c1-26(2,21-28)20-27(3,4)22-29(23-14-8-5-9-15-23,24-16-10-6-11-17-24)25-18-12-7-13-19-25/h5-19,28H,20-22H2,1-4H3/q+1. The molecule has 3 aromatic carbocycles. The minimum atomic E-state index is -1.85. The summed E-state index contributed by atoms with van der Waals surface area (Å²) in [5, 5.41) is 14.2. The summed E-state index contributed by atoms with van der Waals surface area (Å²) in [6, 6.07) is 33.2. The van der Waals surface area contributed by atoms with Gasteiger partial charge in [-0.15, -0.1) is 0 Å². The lowest BCUT2D eigenvalue weighted by molar-refractivity contribution is 0.111. The van der Waals surface area contributed by atoms with E-state index in [9.17, 15) is 5.11 Å². The maximum Gasteiger partial charge on any atom is 0.112 e. The molecule has 0 spiro atoms. The van der Waals surface area contributed by atoms with Gasteiger partial charge in [-0.25, -0.2) is 0 Å². The zero-order chi connectivity index (χ0) is 21.0. The molecule has 0 aliphatic heterocycles. The van der Waals surface area contributed by atoms with Crippen molar-refractivity contribution in [2.75, 3.05) is 12.8 Å². The third-order valence-corrected chi connectivity index (χ3v) is 10.5. The molecule has 29 heavy (non-hydrogen) atoms. The van der Waals surface area contributed by atoms with Crippen LogP contribution in [0.3, 0.4) is 0 Å². The fourth-order valence-electron chi connectivity index (χ4n) is 4.82. The lowest BCUT2D eigenvalue weighted by atomic mass is 9.77. The highest BCUT2D eigenvalue weighted by Crippen LogP contribution is 2.60. The highest BCUT2D eigenvalue weighted by Gasteiger charge is 2.49. The topological polar surface area (TPSA) is 20.2 Å². The van der Waals surface area contributed by atoms with Gasteiger partial charge in [0.2, 0.25) is 0 Å². The minimum absolute atomic E-state index is 0.0710. The molecule has 152 valence electrons. The first kappa shape index (κ1) is 21.8. The Morgan fingerprint density at radius 2 is 0.931 bits per heavy atom. The fourth-order valence-corrected chi connectivity index (χ4v) is 9.70. The summed E-state index contributed by atoms with van der Waals surface area (Å²) in [7, 11) is -1.85. The van der Waals surface area contributed by atoms with Crippen LogP contribution >= 0.6 is 7.26 Å². The smallest absolute Gasteiger partial charge is 0.112 e. The molecule has 0 bridgehead atoms. The van der Waals surface area contributed by atoms with Gasteiger partial charge >= 0.3 is 0 Å². The van der Waals surface area contributed by atoms with E-state index in [1.807, 2.05) is 0 Å².